The van der Waals surface area contributed by atoms with Gasteiger partial charge in [-0.2, -0.15) is 0 Å². The Morgan fingerprint density at radius 2 is 2.35 bits per heavy atom. The molecular formula is C18H23N3O2. The summed E-state index contributed by atoms with van der Waals surface area (Å²) in [6.45, 7) is 3.92. The molecule has 0 saturated carbocycles. The fraction of sp³-hybridized carbons (Fsp3) is 0.444. The van der Waals surface area contributed by atoms with Gasteiger partial charge in [-0.05, 0) is 35.9 Å². The molecule has 23 heavy (non-hydrogen) atoms. The molecule has 5 heteroatoms. The van der Waals surface area contributed by atoms with Crippen LogP contribution >= 0.6 is 0 Å². The van der Waals surface area contributed by atoms with Crippen LogP contribution in [0.15, 0.2) is 36.7 Å². The van der Waals surface area contributed by atoms with Crippen molar-refractivity contribution in [3.8, 4) is 0 Å². The molecule has 2 aromatic rings. The highest BCUT2D eigenvalue weighted by Gasteiger charge is 2.23. The maximum absolute atomic E-state index is 11.5. The van der Waals surface area contributed by atoms with Crippen LogP contribution in [0.3, 0.4) is 0 Å². The van der Waals surface area contributed by atoms with Crippen molar-refractivity contribution in [3.05, 3.63) is 42.2 Å². The molecule has 0 bridgehead atoms. The molecule has 5 nitrogen and oxygen atoms in total. The fourth-order valence-corrected chi connectivity index (χ4v) is 3.23. The molecule has 122 valence electrons. The number of aromatic nitrogens is 1. The van der Waals surface area contributed by atoms with E-state index in [1.54, 1.807) is 0 Å². The lowest BCUT2D eigenvalue weighted by atomic mass is 10.1. The minimum absolute atomic E-state index is 0.0347. The zero-order chi connectivity index (χ0) is 16.1. The number of ether oxygens (including phenoxy) is 1. The Hall–Kier alpha value is -1.98. The van der Waals surface area contributed by atoms with Gasteiger partial charge >= 0.3 is 0 Å². The summed E-state index contributed by atoms with van der Waals surface area (Å²) in [4.78, 5) is 18.1. The third-order valence-electron chi connectivity index (χ3n) is 4.40. The van der Waals surface area contributed by atoms with E-state index in [0.29, 0.717) is 5.92 Å². The normalized spacial score (nSPS) is 18.4. The summed E-state index contributed by atoms with van der Waals surface area (Å²) in [5, 5.41) is 5.41. The van der Waals surface area contributed by atoms with Crippen molar-refractivity contribution in [2.75, 3.05) is 33.4 Å². The third-order valence-corrected chi connectivity index (χ3v) is 4.40. The van der Waals surface area contributed by atoms with Gasteiger partial charge in [-0.1, -0.05) is 18.2 Å². The third kappa shape index (κ3) is 4.06. The molecule has 1 fully saturated rings. The van der Waals surface area contributed by atoms with E-state index in [1.165, 1.54) is 23.4 Å². The fourth-order valence-electron chi connectivity index (χ4n) is 3.23. The number of methoxy groups -OCH3 is 1. The highest BCUT2D eigenvalue weighted by Crippen LogP contribution is 2.22. The summed E-state index contributed by atoms with van der Waals surface area (Å²) >= 11 is 0. The standard InChI is InChI=1S/C18H23N3O2/c1-23-13-18(22)20-9-14-6-8-21(11-14)12-16-4-2-3-15-10-19-7-5-17(15)16/h2-5,7,10,14H,6,8-9,11-13H2,1H3,(H,20,22)/t14-/m1/s1. The maximum Gasteiger partial charge on any atom is 0.245 e. The van der Waals surface area contributed by atoms with Gasteiger partial charge in [0.2, 0.25) is 5.91 Å². The second kappa shape index (κ2) is 7.53. The molecule has 1 amide bonds. The van der Waals surface area contributed by atoms with Gasteiger partial charge < -0.3 is 10.1 Å². The summed E-state index contributed by atoms with van der Waals surface area (Å²) in [5.74, 6) is 0.486. The first-order chi connectivity index (χ1) is 11.3. The van der Waals surface area contributed by atoms with Crippen LogP contribution < -0.4 is 5.32 Å². The van der Waals surface area contributed by atoms with Crippen molar-refractivity contribution in [1.29, 1.82) is 0 Å². The van der Waals surface area contributed by atoms with Crippen molar-refractivity contribution in [2.24, 2.45) is 5.92 Å². The molecule has 1 aromatic carbocycles. The van der Waals surface area contributed by atoms with Crippen LogP contribution in [0.4, 0.5) is 0 Å². The molecule has 0 aliphatic carbocycles. The Balaban J connectivity index is 1.56. The smallest absolute Gasteiger partial charge is 0.245 e. The second-order valence-corrected chi connectivity index (χ2v) is 6.14. The molecule has 1 saturated heterocycles. The zero-order valence-corrected chi connectivity index (χ0v) is 13.5. The van der Waals surface area contributed by atoms with E-state index in [-0.39, 0.29) is 12.5 Å². The van der Waals surface area contributed by atoms with Gasteiger partial charge in [0.1, 0.15) is 6.61 Å². The number of likely N-dealkylation sites (tertiary alicyclic amines) is 1. The van der Waals surface area contributed by atoms with E-state index in [9.17, 15) is 4.79 Å². The number of fused-ring (bicyclic) bond motifs is 1. The SMILES string of the molecule is COCC(=O)NC[C@H]1CCN(Cc2cccc3cnccc23)C1. The Morgan fingerprint density at radius 3 is 3.22 bits per heavy atom. The summed E-state index contributed by atoms with van der Waals surface area (Å²) < 4.78 is 4.83. The minimum atomic E-state index is -0.0347. The van der Waals surface area contributed by atoms with E-state index in [0.717, 1.165) is 32.6 Å². The van der Waals surface area contributed by atoms with Gasteiger partial charge in [0.05, 0.1) is 0 Å². The molecule has 0 spiro atoms. The Kier molecular flexibility index (Phi) is 5.20. The van der Waals surface area contributed by atoms with Crippen molar-refractivity contribution in [3.63, 3.8) is 0 Å². The van der Waals surface area contributed by atoms with Crippen molar-refractivity contribution in [1.82, 2.24) is 15.2 Å². The van der Waals surface area contributed by atoms with E-state index >= 15 is 0 Å². The van der Waals surface area contributed by atoms with E-state index in [4.69, 9.17) is 4.74 Å². The van der Waals surface area contributed by atoms with Crippen LogP contribution in [0, 0.1) is 5.92 Å². The molecule has 3 rings (SSSR count). The monoisotopic (exact) mass is 313 g/mol. The van der Waals surface area contributed by atoms with Crippen LogP contribution in [0.25, 0.3) is 10.8 Å². The van der Waals surface area contributed by atoms with E-state index in [1.807, 2.05) is 12.4 Å². The lowest BCUT2D eigenvalue weighted by molar-refractivity contribution is -0.124. The Morgan fingerprint density at radius 1 is 1.43 bits per heavy atom. The topological polar surface area (TPSA) is 54.5 Å². The molecule has 1 aromatic heterocycles. The molecule has 0 unspecified atom stereocenters. The van der Waals surface area contributed by atoms with Gasteiger partial charge in [0.25, 0.3) is 0 Å². The van der Waals surface area contributed by atoms with Crippen LogP contribution in [-0.2, 0) is 16.1 Å². The average molecular weight is 313 g/mol. The van der Waals surface area contributed by atoms with Gasteiger partial charge in [-0.25, -0.2) is 0 Å². The molecule has 1 N–H and O–H groups in total. The van der Waals surface area contributed by atoms with Crippen LogP contribution in [0.2, 0.25) is 0 Å². The first kappa shape index (κ1) is 15.9. The largest absolute Gasteiger partial charge is 0.375 e. The number of benzene rings is 1. The quantitative estimate of drug-likeness (QED) is 0.884. The number of hydrogen-bond donors (Lipinski definition) is 1. The van der Waals surface area contributed by atoms with E-state index in [2.05, 4.69) is 39.5 Å². The summed E-state index contributed by atoms with van der Waals surface area (Å²) in [7, 11) is 1.54. The number of carbonyl (C=O) groups is 1. The van der Waals surface area contributed by atoms with Gasteiger partial charge in [0.15, 0.2) is 0 Å². The predicted molar refractivity (Wildman–Crippen MR) is 90.0 cm³/mol. The Bertz CT molecular complexity index is 669. The highest BCUT2D eigenvalue weighted by atomic mass is 16.5. The van der Waals surface area contributed by atoms with Crippen molar-refractivity contribution < 1.29 is 9.53 Å². The molecule has 2 heterocycles. The van der Waals surface area contributed by atoms with Crippen LogP contribution in [0.5, 0.6) is 0 Å². The molecular weight excluding hydrogens is 290 g/mol. The van der Waals surface area contributed by atoms with Gasteiger partial charge in [0, 0.05) is 44.5 Å². The molecule has 0 radical (unpaired) electrons. The zero-order valence-electron chi connectivity index (χ0n) is 13.5. The summed E-state index contributed by atoms with van der Waals surface area (Å²) in [5.41, 5.74) is 1.34. The summed E-state index contributed by atoms with van der Waals surface area (Å²) in [6, 6.07) is 8.47. The number of carbonyl (C=O) groups excluding carboxylic acids is 1. The second-order valence-electron chi connectivity index (χ2n) is 6.14. The maximum atomic E-state index is 11.5. The number of nitrogens with one attached hydrogen (secondary N) is 1. The number of nitrogens with zero attached hydrogens (tertiary/aromatic N) is 2. The van der Waals surface area contributed by atoms with Gasteiger partial charge in [-0.15, -0.1) is 0 Å². The van der Waals surface area contributed by atoms with Crippen molar-refractivity contribution >= 4 is 16.7 Å². The Labute approximate surface area is 136 Å². The molecule has 1 aliphatic heterocycles. The summed E-state index contributed by atoms with van der Waals surface area (Å²) in [6.07, 6.45) is 4.89. The predicted octanol–water partition coefficient (Wildman–Crippen LogP) is 1.82. The average Bonchev–Trinajstić information content (AvgIpc) is 3.01. The van der Waals surface area contributed by atoms with Crippen LogP contribution in [-0.4, -0.2) is 49.1 Å². The number of pyridine rings is 1. The number of amides is 1. The lowest BCUT2D eigenvalue weighted by Crippen LogP contribution is -2.33. The first-order valence-electron chi connectivity index (χ1n) is 8.06. The van der Waals surface area contributed by atoms with Crippen LogP contribution in [0.1, 0.15) is 12.0 Å². The van der Waals surface area contributed by atoms with Crippen molar-refractivity contribution in [2.45, 2.75) is 13.0 Å². The van der Waals surface area contributed by atoms with Gasteiger partial charge in [-0.3, -0.25) is 14.7 Å². The number of rotatable bonds is 6. The number of hydrogen-bond acceptors (Lipinski definition) is 4. The molecule has 1 atom stereocenters. The van der Waals surface area contributed by atoms with E-state index < -0.39 is 0 Å². The minimum Gasteiger partial charge on any atom is -0.375 e. The first-order valence-corrected chi connectivity index (χ1v) is 8.06. The highest BCUT2D eigenvalue weighted by molar-refractivity contribution is 5.84. The lowest BCUT2D eigenvalue weighted by Gasteiger charge is -2.17. The molecule has 1 aliphatic rings.